The van der Waals surface area contributed by atoms with Crippen LogP contribution in [-0.2, 0) is 4.74 Å². The van der Waals surface area contributed by atoms with Crippen molar-refractivity contribution in [3.05, 3.63) is 93.3 Å². The molecule has 6 nitrogen and oxygen atoms in total. The molecule has 6 rings (SSSR count). The predicted molar refractivity (Wildman–Crippen MR) is 160 cm³/mol. The van der Waals surface area contributed by atoms with Crippen LogP contribution in [0.15, 0.2) is 82.2 Å². The van der Waals surface area contributed by atoms with Gasteiger partial charge < -0.3 is 28.8 Å². The van der Waals surface area contributed by atoms with Crippen LogP contribution in [0.25, 0.3) is 0 Å². The molecule has 0 aliphatic carbocycles. The number of alkyl halides is 1. The van der Waals surface area contributed by atoms with Crippen molar-refractivity contribution < 1.29 is 28.8 Å². The van der Waals surface area contributed by atoms with Crippen molar-refractivity contribution in [3.63, 3.8) is 0 Å². The van der Waals surface area contributed by atoms with E-state index in [1.807, 2.05) is 57.9 Å². The minimum Gasteiger partial charge on any atom is -0.485 e. The van der Waals surface area contributed by atoms with E-state index >= 15 is 0 Å². The van der Waals surface area contributed by atoms with E-state index in [0.29, 0.717) is 24.6 Å². The lowest BCUT2D eigenvalue weighted by Gasteiger charge is -2.25. The molecule has 0 saturated heterocycles. The zero-order chi connectivity index (χ0) is 27.5. The summed E-state index contributed by atoms with van der Waals surface area (Å²) in [6.07, 6.45) is -0.168. The van der Waals surface area contributed by atoms with E-state index in [0.717, 1.165) is 23.0 Å². The van der Waals surface area contributed by atoms with Crippen molar-refractivity contribution in [1.82, 2.24) is 0 Å². The molecule has 4 atom stereocenters. The van der Waals surface area contributed by atoms with Crippen molar-refractivity contribution >= 4 is 38.6 Å². The summed E-state index contributed by atoms with van der Waals surface area (Å²) in [6, 6.07) is 20.5. The van der Waals surface area contributed by atoms with Gasteiger partial charge in [-0.15, -0.1) is 22.7 Å². The van der Waals surface area contributed by atoms with Gasteiger partial charge in [-0.05, 0) is 25.0 Å². The molecule has 0 spiro atoms. The SMILES string of the molecule is CC(Br)c1ccccc1.CC(OCC1COc2cscc2O1)c1ccccc1.OCC1COc2cscc2O1. The first-order valence-corrected chi connectivity index (χ1v) is 15.5. The summed E-state index contributed by atoms with van der Waals surface area (Å²) in [5.41, 5.74) is 2.51. The smallest absolute Gasteiger partial charge is 0.172 e. The van der Waals surface area contributed by atoms with E-state index in [1.165, 1.54) is 22.5 Å². The van der Waals surface area contributed by atoms with Crippen molar-refractivity contribution in [2.24, 2.45) is 0 Å². The molecular formula is C30H33BrO6S2. The molecule has 0 amide bonds. The van der Waals surface area contributed by atoms with Gasteiger partial charge in [0, 0.05) is 26.3 Å². The van der Waals surface area contributed by atoms with Crippen LogP contribution in [0.4, 0.5) is 0 Å². The third kappa shape index (κ3) is 8.98. The van der Waals surface area contributed by atoms with Crippen LogP contribution in [0.3, 0.4) is 0 Å². The highest BCUT2D eigenvalue weighted by Gasteiger charge is 2.23. The van der Waals surface area contributed by atoms with E-state index in [9.17, 15) is 0 Å². The van der Waals surface area contributed by atoms with Crippen LogP contribution in [0.2, 0.25) is 0 Å². The maximum absolute atomic E-state index is 8.75. The summed E-state index contributed by atoms with van der Waals surface area (Å²) in [5.74, 6) is 3.22. The number of aliphatic hydroxyl groups excluding tert-OH is 1. The Hall–Kier alpha value is -2.56. The van der Waals surface area contributed by atoms with Crippen LogP contribution in [0.1, 0.15) is 35.9 Å². The molecule has 1 N–H and O–H groups in total. The Morgan fingerprint density at radius 2 is 1.26 bits per heavy atom. The molecule has 2 aliphatic rings. The maximum Gasteiger partial charge on any atom is 0.172 e. The molecule has 0 radical (unpaired) electrons. The van der Waals surface area contributed by atoms with E-state index in [4.69, 9.17) is 28.8 Å². The van der Waals surface area contributed by atoms with Gasteiger partial charge in [0.2, 0.25) is 0 Å². The molecular weight excluding hydrogens is 600 g/mol. The first-order chi connectivity index (χ1) is 19.0. The van der Waals surface area contributed by atoms with E-state index in [1.54, 1.807) is 11.3 Å². The fourth-order valence-corrected chi connectivity index (χ4v) is 5.33. The van der Waals surface area contributed by atoms with Gasteiger partial charge in [-0.25, -0.2) is 0 Å². The largest absolute Gasteiger partial charge is 0.485 e. The summed E-state index contributed by atoms with van der Waals surface area (Å²) in [6.45, 7) is 5.70. The normalized spacial score (nSPS) is 18.5. The zero-order valence-corrected chi connectivity index (χ0v) is 25.1. The quantitative estimate of drug-likeness (QED) is 0.220. The van der Waals surface area contributed by atoms with Gasteiger partial charge in [0.15, 0.2) is 35.2 Å². The number of hydrogen-bond donors (Lipinski definition) is 1. The summed E-state index contributed by atoms with van der Waals surface area (Å²) in [4.78, 5) is 0.471. The van der Waals surface area contributed by atoms with Crippen LogP contribution in [-0.4, -0.2) is 43.7 Å². The Balaban J connectivity index is 0.000000149. The Labute approximate surface area is 246 Å². The molecule has 0 bridgehead atoms. The fraction of sp³-hybridized carbons (Fsp3) is 0.333. The fourth-order valence-electron chi connectivity index (χ4n) is 3.68. The number of aliphatic hydroxyl groups is 1. The highest BCUT2D eigenvalue weighted by molar-refractivity contribution is 9.09. The van der Waals surface area contributed by atoms with E-state index in [-0.39, 0.29) is 24.9 Å². The standard InChI is InChI=1S/C15H16O3S.C8H9Br.C7H8O3S/c1-11(12-5-3-2-4-6-12)16-7-13-8-17-14-9-19-10-15(14)18-13;1-7(9)8-5-3-2-4-6-8;8-1-5-2-9-6-3-11-4-7(6)10-5/h2-6,9-11,13H,7-8H2,1H3;2-7H,1H3;3-5,8H,1-2H2. The Bertz CT molecular complexity index is 1230. The third-order valence-corrected chi connectivity index (χ3v) is 7.82. The number of fused-ring (bicyclic) bond motifs is 2. The summed E-state index contributed by atoms with van der Waals surface area (Å²) >= 11 is 6.61. The summed E-state index contributed by atoms with van der Waals surface area (Å²) in [5, 5.41) is 16.4. The van der Waals surface area contributed by atoms with Gasteiger partial charge in [0.25, 0.3) is 0 Å². The van der Waals surface area contributed by atoms with Crippen LogP contribution >= 0.6 is 38.6 Å². The minimum atomic E-state index is -0.197. The summed E-state index contributed by atoms with van der Waals surface area (Å²) in [7, 11) is 0. The molecule has 4 unspecified atom stereocenters. The number of ether oxygens (including phenoxy) is 5. The second-order valence-electron chi connectivity index (χ2n) is 8.90. The van der Waals surface area contributed by atoms with Gasteiger partial charge in [0.05, 0.1) is 19.3 Å². The van der Waals surface area contributed by atoms with E-state index < -0.39 is 0 Å². The molecule has 2 aromatic heterocycles. The molecule has 4 heterocycles. The zero-order valence-electron chi connectivity index (χ0n) is 21.9. The molecule has 9 heteroatoms. The number of benzene rings is 2. The molecule has 39 heavy (non-hydrogen) atoms. The molecule has 2 aromatic carbocycles. The molecule has 0 fully saturated rings. The first-order valence-electron chi connectivity index (χ1n) is 12.7. The second-order valence-corrected chi connectivity index (χ2v) is 11.8. The monoisotopic (exact) mass is 632 g/mol. The molecule has 0 saturated carbocycles. The molecule has 2 aliphatic heterocycles. The Kier molecular flexibility index (Phi) is 11.5. The van der Waals surface area contributed by atoms with E-state index in [2.05, 4.69) is 54.0 Å². The van der Waals surface area contributed by atoms with Crippen molar-refractivity contribution in [3.8, 4) is 23.0 Å². The highest BCUT2D eigenvalue weighted by Crippen LogP contribution is 2.36. The second kappa shape index (κ2) is 15.3. The van der Waals surface area contributed by atoms with Gasteiger partial charge in [-0.1, -0.05) is 76.6 Å². The van der Waals surface area contributed by atoms with Gasteiger partial charge in [-0.3, -0.25) is 0 Å². The van der Waals surface area contributed by atoms with Crippen molar-refractivity contribution in [2.75, 3.05) is 26.4 Å². The number of hydrogen-bond acceptors (Lipinski definition) is 8. The highest BCUT2D eigenvalue weighted by atomic mass is 79.9. The van der Waals surface area contributed by atoms with Crippen molar-refractivity contribution in [1.29, 1.82) is 0 Å². The first kappa shape index (κ1) is 29.4. The number of rotatable bonds is 6. The lowest BCUT2D eigenvalue weighted by molar-refractivity contribution is -0.0200. The van der Waals surface area contributed by atoms with Crippen LogP contribution < -0.4 is 18.9 Å². The molecule has 4 aromatic rings. The minimum absolute atomic E-state index is 0.00921. The van der Waals surface area contributed by atoms with Gasteiger partial charge in [-0.2, -0.15) is 0 Å². The van der Waals surface area contributed by atoms with Crippen molar-refractivity contribution in [2.45, 2.75) is 37.0 Å². The van der Waals surface area contributed by atoms with Gasteiger partial charge in [0.1, 0.15) is 13.2 Å². The topological polar surface area (TPSA) is 66.4 Å². The number of halogens is 1. The Morgan fingerprint density at radius 3 is 1.77 bits per heavy atom. The van der Waals surface area contributed by atoms with Gasteiger partial charge >= 0.3 is 0 Å². The number of thiophene rings is 2. The average molecular weight is 634 g/mol. The third-order valence-electron chi connectivity index (χ3n) is 5.89. The summed E-state index contributed by atoms with van der Waals surface area (Å²) < 4.78 is 27.9. The lowest BCUT2D eigenvalue weighted by atomic mass is 10.1. The Morgan fingerprint density at radius 1 is 0.769 bits per heavy atom. The lowest BCUT2D eigenvalue weighted by Crippen LogP contribution is -2.33. The predicted octanol–water partition coefficient (Wildman–Crippen LogP) is 7.69. The average Bonchev–Trinajstić information content (AvgIpc) is 3.66. The van der Waals surface area contributed by atoms with Crippen LogP contribution in [0.5, 0.6) is 23.0 Å². The maximum atomic E-state index is 8.75. The molecule has 208 valence electrons. The van der Waals surface area contributed by atoms with Crippen LogP contribution in [0, 0.1) is 0 Å².